The van der Waals surface area contributed by atoms with Crippen LogP contribution in [0.3, 0.4) is 0 Å². The predicted octanol–water partition coefficient (Wildman–Crippen LogP) is 6.47. The first-order valence-electron chi connectivity index (χ1n) is 8.50. The lowest BCUT2D eigenvalue weighted by Gasteiger charge is -2.22. The number of hydrogen-bond acceptors (Lipinski definition) is 1. The van der Waals surface area contributed by atoms with Gasteiger partial charge in [-0.2, -0.15) is 0 Å². The van der Waals surface area contributed by atoms with E-state index >= 15 is 0 Å². The highest BCUT2D eigenvalue weighted by Gasteiger charge is 2.19. The Morgan fingerprint density at radius 1 is 0.923 bits per heavy atom. The SMILES string of the molecule is C[C@H](N)[C@@H](Cc1ccc(Cl)c(Cl)c1)c1ccc(-c2ccccc2)c(F)c1. The maximum Gasteiger partial charge on any atom is 0.131 e. The van der Waals surface area contributed by atoms with E-state index in [2.05, 4.69) is 0 Å². The minimum Gasteiger partial charge on any atom is -0.327 e. The van der Waals surface area contributed by atoms with E-state index in [1.54, 1.807) is 12.1 Å². The van der Waals surface area contributed by atoms with Gasteiger partial charge < -0.3 is 5.73 Å². The van der Waals surface area contributed by atoms with E-state index in [0.717, 1.165) is 16.7 Å². The number of hydrogen-bond donors (Lipinski definition) is 1. The molecule has 134 valence electrons. The molecule has 0 aliphatic heterocycles. The second-order valence-electron chi connectivity index (χ2n) is 6.52. The molecule has 0 saturated heterocycles. The van der Waals surface area contributed by atoms with Crippen LogP contribution in [-0.4, -0.2) is 6.04 Å². The summed E-state index contributed by atoms with van der Waals surface area (Å²) in [6.07, 6.45) is 0.665. The standard InChI is InChI=1S/C22H20Cl2FN/c1-14(26)19(11-15-7-10-20(23)21(24)12-15)17-8-9-18(22(25)13-17)16-5-3-2-4-6-16/h2-10,12-14,19H,11,26H2,1H3/t14-,19+/m0/s1. The molecule has 0 saturated carbocycles. The van der Waals surface area contributed by atoms with Gasteiger partial charge in [-0.3, -0.25) is 0 Å². The van der Waals surface area contributed by atoms with E-state index in [9.17, 15) is 4.39 Å². The van der Waals surface area contributed by atoms with E-state index in [1.807, 2.05) is 61.5 Å². The smallest absolute Gasteiger partial charge is 0.131 e. The van der Waals surface area contributed by atoms with Crippen LogP contribution in [0, 0.1) is 5.82 Å². The Morgan fingerprint density at radius 3 is 2.27 bits per heavy atom. The molecule has 3 rings (SSSR count). The predicted molar refractivity (Wildman–Crippen MR) is 108 cm³/mol. The normalized spacial score (nSPS) is 13.4. The Bertz CT molecular complexity index is 894. The summed E-state index contributed by atoms with van der Waals surface area (Å²) in [5, 5.41) is 1.03. The summed E-state index contributed by atoms with van der Waals surface area (Å²) in [5.74, 6) is -0.264. The van der Waals surface area contributed by atoms with Gasteiger partial charge in [0.05, 0.1) is 10.0 Å². The van der Waals surface area contributed by atoms with Gasteiger partial charge in [0.2, 0.25) is 0 Å². The molecule has 26 heavy (non-hydrogen) atoms. The van der Waals surface area contributed by atoms with Crippen molar-refractivity contribution < 1.29 is 4.39 Å². The molecule has 0 bridgehead atoms. The summed E-state index contributed by atoms with van der Waals surface area (Å²) in [4.78, 5) is 0. The van der Waals surface area contributed by atoms with Crippen molar-refractivity contribution in [2.75, 3.05) is 0 Å². The van der Waals surface area contributed by atoms with Crippen molar-refractivity contribution in [2.24, 2.45) is 5.73 Å². The van der Waals surface area contributed by atoms with E-state index < -0.39 is 0 Å². The molecular formula is C22H20Cl2FN. The van der Waals surface area contributed by atoms with Gasteiger partial charge in [0.25, 0.3) is 0 Å². The quantitative estimate of drug-likeness (QED) is 0.532. The average Bonchev–Trinajstić information content (AvgIpc) is 2.63. The minimum atomic E-state index is -0.242. The topological polar surface area (TPSA) is 26.0 Å². The minimum absolute atomic E-state index is 0.0217. The molecule has 2 N–H and O–H groups in total. The van der Waals surface area contributed by atoms with Gasteiger partial charge in [0.15, 0.2) is 0 Å². The monoisotopic (exact) mass is 387 g/mol. The van der Waals surface area contributed by atoms with E-state index in [1.165, 1.54) is 0 Å². The van der Waals surface area contributed by atoms with Gasteiger partial charge in [0.1, 0.15) is 5.82 Å². The van der Waals surface area contributed by atoms with E-state index in [4.69, 9.17) is 28.9 Å². The van der Waals surface area contributed by atoms with Gasteiger partial charge in [-0.1, -0.05) is 71.7 Å². The van der Waals surface area contributed by atoms with Crippen molar-refractivity contribution in [1.29, 1.82) is 0 Å². The summed E-state index contributed by atoms with van der Waals surface area (Å²) >= 11 is 12.1. The van der Waals surface area contributed by atoms with Crippen LogP contribution < -0.4 is 5.73 Å². The molecule has 0 unspecified atom stereocenters. The van der Waals surface area contributed by atoms with Gasteiger partial charge in [-0.15, -0.1) is 0 Å². The van der Waals surface area contributed by atoms with Crippen molar-refractivity contribution in [2.45, 2.75) is 25.3 Å². The first kappa shape index (κ1) is 18.9. The second kappa shape index (κ2) is 8.22. The molecule has 4 heteroatoms. The molecule has 1 nitrogen and oxygen atoms in total. The molecule has 3 aromatic rings. The van der Waals surface area contributed by atoms with E-state index in [0.29, 0.717) is 22.0 Å². The molecule has 0 aliphatic rings. The molecule has 0 fully saturated rings. The molecule has 0 spiro atoms. The zero-order chi connectivity index (χ0) is 18.7. The van der Waals surface area contributed by atoms with Gasteiger partial charge in [0, 0.05) is 17.5 Å². The fraction of sp³-hybridized carbons (Fsp3) is 0.182. The summed E-state index contributed by atoms with van der Waals surface area (Å²) in [7, 11) is 0. The first-order valence-corrected chi connectivity index (χ1v) is 9.25. The summed E-state index contributed by atoms with van der Waals surface area (Å²) < 4.78 is 14.7. The molecule has 0 aliphatic carbocycles. The van der Waals surface area contributed by atoms with Crippen LogP contribution in [0.25, 0.3) is 11.1 Å². The third-order valence-electron chi connectivity index (χ3n) is 4.58. The Labute approximate surface area is 163 Å². The van der Waals surface area contributed by atoms with Crippen LogP contribution in [0.4, 0.5) is 4.39 Å². The van der Waals surface area contributed by atoms with Crippen molar-refractivity contribution in [3.05, 3.63) is 93.7 Å². The summed E-state index contributed by atoms with van der Waals surface area (Å²) in [6.45, 7) is 1.94. The van der Waals surface area contributed by atoms with Crippen molar-refractivity contribution in [3.63, 3.8) is 0 Å². The fourth-order valence-corrected chi connectivity index (χ4v) is 3.46. The molecule has 0 radical (unpaired) electrons. The fourth-order valence-electron chi connectivity index (χ4n) is 3.14. The zero-order valence-electron chi connectivity index (χ0n) is 14.4. The highest BCUT2D eigenvalue weighted by atomic mass is 35.5. The van der Waals surface area contributed by atoms with Crippen molar-refractivity contribution in [3.8, 4) is 11.1 Å². The lowest BCUT2D eigenvalue weighted by atomic mass is 9.86. The zero-order valence-corrected chi connectivity index (χ0v) is 15.9. The van der Waals surface area contributed by atoms with Gasteiger partial charge in [-0.05, 0) is 48.2 Å². The second-order valence-corrected chi connectivity index (χ2v) is 7.34. The van der Waals surface area contributed by atoms with Crippen molar-refractivity contribution in [1.82, 2.24) is 0 Å². The molecular weight excluding hydrogens is 368 g/mol. The van der Waals surface area contributed by atoms with Crippen LogP contribution in [0.1, 0.15) is 24.0 Å². The van der Waals surface area contributed by atoms with E-state index in [-0.39, 0.29) is 17.8 Å². The third-order valence-corrected chi connectivity index (χ3v) is 5.32. The summed E-state index contributed by atoms with van der Waals surface area (Å²) in [5.41, 5.74) is 9.55. The number of halogens is 3. The number of nitrogens with two attached hydrogens (primary N) is 1. The highest BCUT2D eigenvalue weighted by Crippen LogP contribution is 2.31. The van der Waals surface area contributed by atoms with Crippen LogP contribution in [-0.2, 0) is 6.42 Å². The number of benzene rings is 3. The van der Waals surface area contributed by atoms with Crippen LogP contribution in [0.15, 0.2) is 66.7 Å². The van der Waals surface area contributed by atoms with Gasteiger partial charge >= 0.3 is 0 Å². The van der Waals surface area contributed by atoms with Crippen LogP contribution in [0.2, 0.25) is 10.0 Å². The first-order chi connectivity index (χ1) is 12.5. The molecule has 3 aromatic carbocycles. The van der Waals surface area contributed by atoms with Crippen LogP contribution >= 0.6 is 23.2 Å². The third kappa shape index (κ3) is 4.27. The Balaban J connectivity index is 1.91. The molecule has 0 heterocycles. The number of rotatable bonds is 5. The molecule has 2 atom stereocenters. The Hall–Kier alpha value is -1.87. The largest absolute Gasteiger partial charge is 0.327 e. The maximum absolute atomic E-state index is 14.7. The average molecular weight is 388 g/mol. The summed E-state index contributed by atoms with van der Waals surface area (Å²) in [6, 6.07) is 20.3. The Morgan fingerprint density at radius 2 is 1.65 bits per heavy atom. The lowest BCUT2D eigenvalue weighted by Crippen LogP contribution is -2.26. The molecule has 0 amide bonds. The molecule has 0 aromatic heterocycles. The Kier molecular flexibility index (Phi) is 5.98. The van der Waals surface area contributed by atoms with Crippen LogP contribution in [0.5, 0.6) is 0 Å². The highest BCUT2D eigenvalue weighted by molar-refractivity contribution is 6.42. The maximum atomic E-state index is 14.7. The van der Waals surface area contributed by atoms with Crippen molar-refractivity contribution >= 4 is 23.2 Å². The lowest BCUT2D eigenvalue weighted by molar-refractivity contribution is 0.557. The van der Waals surface area contributed by atoms with Gasteiger partial charge in [-0.25, -0.2) is 4.39 Å².